The molecule has 2 aromatic carbocycles. The van der Waals surface area contributed by atoms with Crippen molar-refractivity contribution >= 4 is 29.7 Å². The zero-order valence-corrected chi connectivity index (χ0v) is 17.2. The van der Waals surface area contributed by atoms with Gasteiger partial charge in [0.05, 0.1) is 4.91 Å². The first-order chi connectivity index (χ1) is 14.2. The van der Waals surface area contributed by atoms with Gasteiger partial charge in [-0.1, -0.05) is 55.3 Å². The maximum absolute atomic E-state index is 12.4. The third kappa shape index (κ3) is 5.10. The smallest absolute Gasteiger partial charge is 0.257 e. The van der Waals surface area contributed by atoms with Crippen molar-refractivity contribution in [3.05, 3.63) is 76.2 Å². The van der Waals surface area contributed by atoms with Crippen molar-refractivity contribution in [3.8, 4) is 0 Å². The van der Waals surface area contributed by atoms with Gasteiger partial charge in [-0.2, -0.15) is 0 Å². The third-order valence-electron chi connectivity index (χ3n) is 5.53. The lowest BCUT2D eigenvalue weighted by atomic mass is 9.94. The van der Waals surface area contributed by atoms with E-state index in [2.05, 4.69) is 22.8 Å². The molecule has 0 bridgehead atoms. The summed E-state index contributed by atoms with van der Waals surface area (Å²) in [6.45, 7) is 0.605. The number of hydrogen-bond acceptors (Lipinski definition) is 3. The molecule has 1 aliphatic heterocycles. The maximum Gasteiger partial charge on any atom is 0.257 e. The maximum atomic E-state index is 12.4. The van der Waals surface area contributed by atoms with E-state index in [1.54, 1.807) is 11.8 Å². The SMILES string of the molecule is O=C1NC2CCCCC2S/C1=C/c1ccc(C(=O)NCCc2ccccc2)cc1. The Bertz CT molecular complexity index is 893. The van der Waals surface area contributed by atoms with Gasteiger partial charge in [0, 0.05) is 23.4 Å². The first kappa shape index (κ1) is 19.8. The predicted molar refractivity (Wildman–Crippen MR) is 119 cm³/mol. The van der Waals surface area contributed by atoms with Gasteiger partial charge < -0.3 is 10.6 Å². The Morgan fingerprint density at radius 2 is 1.83 bits per heavy atom. The molecule has 2 amide bonds. The highest BCUT2D eigenvalue weighted by atomic mass is 32.2. The van der Waals surface area contributed by atoms with Crippen molar-refractivity contribution in [2.45, 2.75) is 43.4 Å². The lowest BCUT2D eigenvalue weighted by molar-refractivity contribution is -0.117. The molecular formula is C24H26N2O2S. The van der Waals surface area contributed by atoms with E-state index < -0.39 is 0 Å². The van der Waals surface area contributed by atoms with E-state index in [9.17, 15) is 9.59 Å². The lowest BCUT2D eigenvalue weighted by Gasteiger charge is -2.36. The Morgan fingerprint density at radius 3 is 2.62 bits per heavy atom. The summed E-state index contributed by atoms with van der Waals surface area (Å²) >= 11 is 1.71. The molecule has 2 aromatic rings. The zero-order chi connectivity index (χ0) is 20.1. The zero-order valence-electron chi connectivity index (χ0n) is 16.4. The molecule has 0 radical (unpaired) electrons. The standard InChI is InChI=1S/C24H26N2O2S/c27-23(25-15-14-17-6-2-1-3-7-17)19-12-10-18(11-13-19)16-22-24(28)26-20-8-4-5-9-21(20)29-22/h1-3,6-7,10-13,16,20-21H,4-5,8-9,14-15H2,(H,25,27)(H,26,28)/b22-16+. The van der Waals surface area contributed by atoms with Crippen LogP contribution in [0.15, 0.2) is 59.5 Å². The summed E-state index contributed by atoms with van der Waals surface area (Å²) in [5, 5.41) is 6.61. The largest absolute Gasteiger partial charge is 0.352 e. The van der Waals surface area contributed by atoms with Gasteiger partial charge in [-0.3, -0.25) is 9.59 Å². The fourth-order valence-electron chi connectivity index (χ4n) is 3.91. The van der Waals surface area contributed by atoms with Crippen molar-refractivity contribution in [2.75, 3.05) is 6.54 Å². The number of hydrogen-bond donors (Lipinski definition) is 2. The van der Waals surface area contributed by atoms with E-state index in [-0.39, 0.29) is 11.8 Å². The van der Waals surface area contributed by atoms with E-state index in [0.29, 0.717) is 23.4 Å². The van der Waals surface area contributed by atoms with E-state index in [1.165, 1.54) is 18.4 Å². The highest BCUT2D eigenvalue weighted by Crippen LogP contribution is 2.37. The highest BCUT2D eigenvalue weighted by molar-refractivity contribution is 8.04. The third-order valence-corrected chi connectivity index (χ3v) is 6.96. The molecular weight excluding hydrogens is 380 g/mol. The highest BCUT2D eigenvalue weighted by Gasteiger charge is 2.34. The molecule has 150 valence electrons. The number of nitrogens with one attached hydrogen (secondary N) is 2. The van der Waals surface area contributed by atoms with Gasteiger partial charge in [0.25, 0.3) is 11.8 Å². The van der Waals surface area contributed by atoms with Crippen molar-refractivity contribution < 1.29 is 9.59 Å². The van der Waals surface area contributed by atoms with Gasteiger partial charge in [-0.15, -0.1) is 11.8 Å². The molecule has 5 heteroatoms. The molecule has 2 aliphatic rings. The summed E-state index contributed by atoms with van der Waals surface area (Å²) in [5.74, 6) is -0.0455. The van der Waals surface area contributed by atoms with Gasteiger partial charge in [0.15, 0.2) is 0 Å². The normalized spacial score (nSPS) is 22.6. The van der Waals surface area contributed by atoms with Crippen LogP contribution >= 0.6 is 11.8 Å². The Hall–Kier alpha value is -2.53. The molecule has 2 unspecified atom stereocenters. The van der Waals surface area contributed by atoms with Crippen LogP contribution in [-0.4, -0.2) is 29.7 Å². The van der Waals surface area contributed by atoms with Crippen LogP contribution in [0.2, 0.25) is 0 Å². The minimum atomic E-state index is -0.0741. The number of carbonyl (C=O) groups is 2. The molecule has 4 nitrogen and oxygen atoms in total. The van der Waals surface area contributed by atoms with Gasteiger partial charge in [-0.25, -0.2) is 0 Å². The van der Waals surface area contributed by atoms with Gasteiger partial charge in [0.1, 0.15) is 0 Å². The van der Waals surface area contributed by atoms with Crippen molar-refractivity contribution in [1.82, 2.24) is 10.6 Å². The second-order valence-corrected chi connectivity index (χ2v) is 8.92. The molecule has 1 saturated heterocycles. The quantitative estimate of drug-likeness (QED) is 0.733. The molecule has 1 saturated carbocycles. The number of carbonyl (C=O) groups excluding carboxylic acids is 2. The number of rotatable bonds is 5. The number of amides is 2. The number of fused-ring (bicyclic) bond motifs is 1. The fourth-order valence-corrected chi connectivity index (χ4v) is 5.26. The summed E-state index contributed by atoms with van der Waals surface area (Å²) in [5.41, 5.74) is 2.78. The predicted octanol–water partition coefficient (Wildman–Crippen LogP) is 4.17. The van der Waals surface area contributed by atoms with Crippen LogP contribution in [0, 0.1) is 0 Å². The summed E-state index contributed by atoms with van der Waals surface area (Å²) < 4.78 is 0. The minimum absolute atomic E-state index is 0.0286. The first-order valence-corrected chi connectivity index (χ1v) is 11.2. The monoisotopic (exact) mass is 406 g/mol. The molecule has 1 aliphatic carbocycles. The number of benzene rings is 2. The van der Waals surface area contributed by atoms with E-state index in [1.807, 2.05) is 48.5 Å². The minimum Gasteiger partial charge on any atom is -0.352 e. The summed E-state index contributed by atoms with van der Waals surface area (Å²) in [7, 11) is 0. The van der Waals surface area contributed by atoms with Crippen molar-refractivity contribution in [2.24, 2.45) is 0 Å². The Morgan fingerprint density at radius 1 is 1.07 bits per heavy atom. The van der Waals surface area contributed by atoms with E-state index in [0.717, 1.165) is 29.7 Å². The van der Waals surface area contributed by atoms with Crippen molar-refractivity contribution in [3.63, 3.8) is 0 Å². The molecule has 0 aromatic heterocycles. The van der Waals surface area contributed by atoms with Crippen LogP contribution in [0.3, 0.4) is 0 Å². The topological polar surface area (TPSA) is 58.2 Å². The second kappa shape index (κ2) is 9.31. The Labute approximate surface area is 176 Å². The molecule has 2 N–H and O–H groups in total. The lowest BCUT2D eigenvalue weighted by Crippen LogP contribution is -2.48. The molecule has 1 heterocycles. The van der Waals surface area contributed by atoms with E-state index in [4.69, 9.17) is 0 Å². The van der Waals surface area contributed by atoms with Crippen LogP contribution in [0.25, 0.3) is 6.08 Å². The Kier molecular flexibility index (Phi) is 6.35. The van der Waals surface area contributed by atoms with Crippen LogP contribution in [0.1, 0.15) is 47.2 Å². The van der Waals surface area contributed by atoms with Gasteiger partial charge in [-0.05, 0) is 48.6 Å². The number of thioether (sulfide) groups is 1. The van der Waals surface area contributed by atoms with Crippen LogP contribution < -0.4 is 10.6 Å². The summed E-state index contributed by atoms with van der Waals surface area (Å²) in [4.78, 5) is 25.5. The van der Waals surface area contributed by atoms with Crippen LogP contribution in [-0.2, 0) is 11.2 Å². The fraction of sp³-hybridized carbons (Fsp3) is 0.333. The van der Waals surface area contributed by atoms with Gasteiger partial charge in [0.2, 0.25) is 0 Å². The van der Waals surface area contributed by atoms with E-state index >= 15 is 0 Å². The molecule has 4 rings (SSSR count). The molecule has 2 fully saturated rings. The van der Waals surface area contributed by atoms with Crippen molar-refractivity contribution in [1.29, 1.82) is 0 Å². The molecule has 0 spiro atoms. The summed E-state index contributed by atoms with van der Waals surface area (Å²) in [6.07, 6.45) is 7.44. The Balaban J connectivity index is 1.34. The average Bonchev–Trinajstić information content (AvgIpc) is 2.75. The average molecular weight is 407 g/mol. The molecule has 29 heavy (non-hydrogen) atoms. The van der Waals surface area contributed by atoms with Crippen LogP contribution in [0.4, 0.5) is 0 Å². The van der Waals surface area contributed by atoms with Gasteiger partial charge >= 0.3 is 0 Å². The summed E-state index contributed by atoms with van der Waals surface area (Å²) in [6, 6.07) is 17.9. The second-order valence-electron chi connectivity index (χ2n) is 7.64. The van der Waals surface area contributed by atoms with Crippen LogP contribution in [0.5, 0.6) is 0 Å². The first-order valence-electron chi connectivity index (χ1n) is 10.3. The molecule has 2 atom stereocenters.